The van der Waals surface area contributed by atoms with Crippen LogP contribution in [0.15, 0.2) is 59.5 Å². The van der Waals surface area contributed by atoms with Gasteiger partial charge in [-0.25, -0.2) is 4.98 Å². The first kappa shape index (κ1) is 16.7. The molecule has 0 unspecified atom stereocenters. The second-order valence-electron chi connectivity index (χ2n) is 4.91. The van der Waals surface area contributed by atoms with Crippen LogP contribution in [0.5, 0.6) is 0 Å². The number of halogens is 3. The number of rotatable bonds is 3. The van der Waals surface area contributed by atoms with Gasteiger partial charge in [0.1, 0.15) is 0 Å². The van der Waals surface area contributed by atoms with Gasteiger partial charge in [-0.15, -0.1) is 11.8 Å². The van der Waals surface area contributed by atoms with Gasteiger partial charge >= 0.3 is 0 Å². The first-order chi connectivity index (χ1) is 11.1. The molecule has 1 nitrogen and oxygen atoms in total. The van der Waals surface area contributed by atoms with Crippen LogP contribution in [-0.4, -0.2) is 11.2 Å². The standard InChI is InChI=1S/C18H12Cl3NS/c1-23-14-9-17(11-3-2-4-12(19)7-11)22-18(10-14)15-6-5-13(20)8-16(15)21/h2-10H,1H3. The van der Waals surface area contributed by atoms with E-state index in [-0.39, 0.29) is 0 Å². The molecule has 2 aromatic carbocycles. The molecule has 3 rings (SSSR count). The molecule has 5 heteroatoms. The molecular formula is C18H12Cl3NS. The monoisotopic (exact) mass is 379 g/mol. The lowest BCUT2D eigenvalue weighted by Gasteiger charge is -2.10. The minimum absolute atomic E-state index is 0.584. The van der Waals surface area contributed by atoms with Crippen LogP contribution in [0.3, 0.4) is 0 Å². The van der Waals surface area contributed by atoms with E-state index in [9.17, 15) is 0 Å². The van der Waals surface area contributed by atoms with Crippen molar-refractivity contribution in [2.75, 3.05) is 6.26 Å². The molecular weight excluding hydrogens is 369 g/mol. The fourth-order valence-corrected chi connectivity index (χ4v) is 3.41. The lowest BCUT2D eigenvalue weighted by Crippen LogP contribution is -1.91. The van der Waals surface area contributed by atoms with E-state index in [0.717, 1.165) is 27.4 Å². The van der Waals surface area contributed by atoms with E-state index >= 15 is 0 Å². The summed E-state index contributed by atoms with van der Waals surface area (Å²) in [5, 5.41) is 1.88. The van der Waals surface area contributed by atoms with Crippen molar-refractivity contribution in [2.24, 2.45) is 0 Å². The van der Waals surface area contributed by atoms with Crippen LogP contribution in [0.4, 0.5) is 0 Å². The van der Waals surface area contributed by atoms with Gasteiger partial charge in [0.05, 0.1) is 16.4 Å². The smallest absolute Gasteiger partial charge is 0.0735 e. The molecule has 0 aliphatic heterocycles. The van der Waals surface area contributed by atoms with Crippen LogP contribution < -0.4 is 0 Å². The third-order valence-electron chi connectivity index (χ3n) is 3.36. The highest BCUT2D eigenvalue weighted by Crippen LogP contribution is 2.33. The summed E-state index contributed by atoms with van der Waals surface area (Å²) in [7, 11) is 0. The molecule has 23 heavy (non-hydrogen) atoms. The minimum Gasteiger partial charge on any atom is -0.248 e. The second-order valence-corrected chi connectivity index (χ2v) is 7.07. The van der Waals surface area contributed by atoms with Crippen molar-refractivity contribution in [3.63, 3.8) is 0 Å². The molecule has 0 saturated heterocycles. The molecule has 0 atom stereocenters. The topological polar surface area (TPSA) is 12.9 Å². The Morgan fingerprint density at radius 1 is 0.826 bits per heavy atom. The zero-order chi connectivity index (χ0) is 16.4. The number of pyridine rings is 1. The Morgan fingerprint density at radius 3 is 2.26 bits per heavy atom. The second kappa shape index (κ2) is 7.14. The summed E-state index contributed by atoms with van der Waals surface area (Å²) >= 11 is 20.1. The average molecular weight is 381 g/mol. The molecule has 0 fully saturated rings. The molecule has 0 aliphatic carbocycles. The van der Waals surface area contributed by atoms with E-state index in [0.29, 0.717) is 15.1 Å². The number of hydrogen-bond acceptors (Lipinski definition) is 2. The molecule has 116 valence electrons. The zero-order valence-corrected chi connectivity index (χ0v) is 15.3. The van der Waals surface area contributed by atoms with E-state index in [2.05, 4.69) is 0 Å². The van der Waals surface area contributed by atoms with Gasteiger partial charge in [-0.2, -0.15) is 0 Å². The normalized spacial score (nSPS) is 10.8. The van der Waals surface area contributed by atoms with E-state index in [1.54, 1.807) is 17.8 Å². The first-order valence-corrected chi connectivity index (χ1v) is 9.20. The Labute approximate surface area is 154 Å². The fraction of sp³-hybridized carbons (Fsp3) is 0.0556. The highest BCUT2D eigenvalue weighted by Gasteiger charge is 2.10. The van der Waals surface area contributed by atoms with Crippen LogP contribution in [0.25, 0.3) is 22.5 Å². The van der Waals surface area contributed by atoms with Crippen molar-refractivity contribution in [1.82, 2.24) is 4.98 Å². The highest BCUT2D eigenvalue weighted by atomic mass is 35.5. The third kappa shape index (κ3) is 3.84. The summed E-state index contributed by atoms with van der Waals surface area (Å²) in [5.41, 5.74) is 3.50. The van der Waals surface area contributed by atoms with Crippen molar-refractivity contribution in [2.45, 2.75) is 4.90 Å². The van der Waals surface area contributed by atoms with Gasteiger partial charge in [0.15, 0.2) is 0 Å². The predicted octanol–water partition coefficient (Wildman–Crippen LogP) is 7.10. The maximum atomic E-state index is 6.33. The van der Waals surface area contributed by atoms with Crippen LogP contribution in [0, 0.1) is 0 Å². The van der Waals surface area contributed by atoms with Gasteiger partial charge < -0.3 is 0 Å². The van der Waals surface area contributed by atoms with Crippen molar-refractivity contribution in [3.8, 4) is 22.5 Å². The van der Waals surface area contributed by atoms with E-state index in [4.69, 9.17) is 39.8 Å². The summed E-state index contributed by atoms with van der Waals surface area (Å²) in [6.07, 6.45) is 2.03. The Morgan fingerprint density at radius 2 is 1.57 bits per heavy atom. The molecule has 0 bridgehead atoms. The summed E-state index contributed by atoms with van der Waals surface area (Å²) in [6.45, 7) is 0. The van der Waals surface area contributed by atoms with Crippen LogP contribution in [-0.2, 0) is 0 Å². The number of hydrogen-bond donors (Lipinski definition) is 0. The molecule has 0 N–H and O–H groups in total. The Hall–Kier alpha value is -1.19. The van der Waals surface area contributed by atoms with Crippen LogP contribution in [0.1, 0.15) is 0 Å². The van der Waals surface area contributed by atoms with E-state index in [1.807, 2.05) is 54.8 Å². The van der Waals surface area contributed by atoms with Gasteiger partial charge in [-0.3, -0.25) is 0 Å². The van der Waals surface area contributed by atoms with Crippen molar-refractivity contribution >= 4 is 46.6 Å². The summed E-state index contributed by atoms with van der Waals surface area (Å²) in [6, 6.07) is 17.2. The summed E-state index contributed by atoms with van der Waals surface area (Å²) in [4.78, 5) is 5.86. The Bertz CT molecular complexity index is 865. The van der Waals surface area contributed by atoms with Crippen molar-refractivity contribution in [3.05, 3.63) is 69.7 Å². The molecule has 0 saturated carbocycles. The van der Waals surface area contributed by atoms with Gasteiger partial charge in [-0.05, 0) is 48.7 Å². The van der Waals surface area contributed by atoms with Crippen molar-refractivity contribution in [1.29, 1.82) is 0 Å². The number of aromatic nitrogens is 1. The lowest BCUT2D eigenvalue weighted by molar-refractivity contribution is 1.27. The third-order valence-corrected chi connectivity index (χ3v) is 4.85. The summed E-state index contributed by atoms with van der Waals surface area (Å²) in [5.74, 6) is 0. The minimum atomic E-state index is 0.584. The quantitative estimate of drug-likeness (QED) is 0.449. The van der Waals surface area contributed by atoms with Crippen LogP contribution >= 0.6 is 46.6 Å². The fourth-order valence-electron chi connectivity index (χ4n) is 2.25. The van der Waals surface area contributed by atoms with Gasteiger partial charge in [0, 0.05) is 26.1 Å². The molecule has 0 radical (unpaired) electrons. The first-order valence-electron chi connectivity index (χ1n) is 6.84. The van der Waals surface area contributed by atoms with Gasteiger partial charge in [0.25, 0.3) is 0 Å². The van der Waals surface area contributed by atoms with Gasteiger partial charge in [0.2, 0.25) is 0 Å². The average Bonchev–Trinajstić information content (AvgIpc) is 2.54. The maximum absolute atomic E-state index is 6.33. The van der Waals surface area contributed by atoms with Crippen molar-refractivity contribution < 1.29 is 0 Å². The largest absolute Gasteiger partial charge is 0.248 e. The number of nitrogens with zero attached hydrogens (tertiary/aromatic N) is 1. The molecule has 3 aromatic rings. The number of benzene rings is 2. The molecule has 0 spiro atoms. The molecule has 0 aliphatic rings. The molecule has 1 aromatic heterocycles. The Balaban J connectivity index is 2.16. The van der Waals surface area contributed by atoms with Crippen LogP contribution in [0.2, 0.25) is 15.1 Å². The summed E-state index contributed by atoms with van der Waals surface area (Å²) < 4.78 is 0. The molecule has 1 heterocycles. The molecule has 0 amide bonds. The highest BCUT2D eigenvalue weighted by molar-refractivity contribution is 7.98. The van der Waals surface area contributed by atoms with E-state index < -0.39 is 0 Å². The maximum Gasteiger partial charge on any atom is 0.0735 e. The zero-order valence-electron chi connectivity index (χ0n) is 12.2. The Kier molecular flexibility index (Phi) is 5.17. The number of thioether (sulfide) groups is 1. The van der Waals surface area contributed by atoms with E-state index in [1.165, 1.54) is 0 Å². The SMILES string of the molecule is CSc1cc(-c2cccc(Cl)c2)nc(-c2ccc(Cl)cc2Cl)c1. The predicted molar refractivity (Wildman–Crippen MR) is 102 cm³/mol. The lowest BCUT2D eigenvalue weighted by atomic mass is 10.1. The van der Waals surface area contributed by atoms with Gasteiger partial charge in [-0.1, -0.05) is 46.9 Å².